The van der Waals surface area contributed by atoms with Crippen LogP contribution in [0.2, 0.25) is 0 Å². The second-order valence-corrected chi connectivity index (χ2v) is 6.13. The number of alkyl halides is 3. The van der Waals surface area contributed by atoms with E-state index in [4.69, 9.17) is 0 Å². The van der Waals surface area contributed by atoms with Gasteiger partial charge in [-0.1, -0.05) is 0 Å². The van der Waals surface area contributed by atoms with Crippen LogP contribution in [0.4, 0.5) is 13.2 Å². The minimum absolute atomic E-state index is 0.341. The molecule has 19 heavy (non-hydrogen) atoms. The number of thiazole rings is 1. The highest BCUT2D eigenvalue weighted by Crippen LogP contribution is 2.35. The zero-order chi connectivity index (χ0) is 14.0. The molecule has 2 rings (SSSR count). The van der Waals surface area contributed by atoms with E-state index in [0.717, 1.165) is 37.3 Å². The van der Waals surface area contributed by atoms with Gasteiger partial charge in [-0.3, -0.25) is 4.90 Å². The van der Waals surface area contributed by atoms with Crippen molar-refractivity contribution in [2.45, 2.75) is 38.5 Å². The molecule has 1 fully saturated rings. The van der Waals surface area contributed by atoms with Gasteiger partial charge in [0.15, 0.2) is 5.69 Å². The molecular formula is C12H18F3N3S. The van der Waals surface area contributed by atoms with Crippen LogP contribution in [0.1, 0.15) is 28.4 Å². The summed E-state index contributed by atoms with van der Waals surface area (Å²) in [6.45, 7) is 3.65. The molecule has 0 radical (unpaired) electrons. The van der Waals surface area contributed by atoms with Crippen LogP contribution in [0.15, 0.2) is 0 Å². The lowest BCUT2D eigenvalue weighted by atomic mass is 10.1. The number of hydrogen-bond donors (Lipinski definition) is 1. The first kappa shape index (κ1) is 14.7. The number of likely N-dealkylation sites (tertiary alicyclic amines) is 1. The third-order valence-electron chi connectivity index (χ3n) is 3.44. The average Bonchev–Trinajstić information content (AvgIpc) is 2.71. The topological polar surface area (TPSA) is 28.2 Å². The Balaban J connectivity index is 2.04. The number of hydrogen-bond acceptors (Lipinski definition) is 4. The molecule has 1 N–H and O–H groups in total. The van der Waals surface area contributed by atoms with Crippen LogP contribution in [0.3, 0.4) is 0 Å². The van der Waals surface area contributed by atoms with E-state index in [0.29, 0.717) is 22.5 Å². The number of halogens is 3. The predicted molar refractivity (Wildman–Crippen MR) is 69.2 cm³/mol. The molecule has 1 aromatic heterocycles. The SMILES string of the molecule is CNC1CCN(Cc2sc(C)nc2C(F)(F)F)CC1. The number of aryl methyl sites for hydroxylation is 1. The highest BCUT2D eigenvalue weighted by Gasteiger charge is 2.37. The maximum absolute atomic E-state index is 12.8. The van der Waals surface area contributed by atoms with Crippen molar-refractivity contribution in [2.24, 2.45) is 0 Å². The smallest absolute Gasteiger partial charge is 0.317 e. The highest BCUT2D eigenvalue weighted by molar-refractivity contribution is 7.11. The maximum Gasteiger partial charge on any atom is 0.434 e. The fourth-order valence-corrected chi connectivity index (χ4v) is 3.38. The van der Waals surface area contributed by atoms with Crippen LogP contribution in [0.5, 0.6) is 0 Å². The summed E-state index contributed by atoms with van der Waals surface area (Å²) in [7, 11) is 1.93. The van der Waals surface area contributed by atoms with Gasteiger partial charge >= 0.3 is 6.18 Å². The van der Waals surface area contributed by atoms with Crippen molar-refractivity contribution in [3.63, 3.8) is 0 Å². The van der Waals surface area contributed by atoms with Gasteiger partial charge < -0.3 is 5.32 Å². The van der Waals surface area contributed by atoms with Gasteiger partial charge in [0.05, 0.1) is 9.88 Å². The minimum atomic E-state index is -4.34. The lowest BCUT2D eigenvalue weighted by Gasteiger charge is -2.31. The Morgan fingerprint density at radius 3 is 2.53 bits per heavy atom. The number of rotatable bonds is 3. The van der Waals surface area contributed by atoms with Gasteiger partial charge in [-0.05, 0) is 26.8 Å². The average molecular weight is 293 g/mol. The van der Waals surface area contributed by atoms with E-state index >= 15 is 0 Å². The molecular weight excluding hydrogens is 275 g/mol. The van der Waals surface area contributed by atoms with Gasteiger partial charge in [-0.15, -0.1) is 11.3 Å². The largest absolute Gasteiger partial charge is 0.434 e. The van der Waals surface area contributed by atoms with Crippen molar-refractivity contribution < 1.29 is 13.2 Å². The molecule has 0 aromatic carbocycles. The van der Waals surface area contributed by atoms with E-state index in [2.05, 4.69) is 15.2 Å². The maximum atomic E-state index is 12.8. The number of nitrogens with zero attached hydrogens (tertiary/aromatic N) is 2. The Morgan fingerprint density at radius 1 is 1.37 bits per heavy atom. The highest BCUT2D eigenvalue weighted by atomic mass is 32.1. The molecule has 2 heterocycles. The second kappa shape index (κ2) is 5.76. The molecule has 0 aliphatic carbocycles. The van der Waals surface area contributed by atoms with Gasteiger partial charge in [0.1, 0.15) is 0 Å². The number of nitrogens with one attached hydrogen (secondary N) is 1. The molecule has 1 aromatic rings. The van der Waals surface area contributed by atoms with Gasteiger partial charge in [0.2, 0.25) is 0 Å². The van der Waals surface area contributed by atoms with E-state index in [-0.39, 0.29) is 0 Å². The molecule has 1 aliphatic rings. The number of piperidine rings is 1. The monoisotopic (exact) mass is 293 g/mol. The Hall–Kier alpha value is -0.660. The van der Waals surface area contributed by atoms with Crippen molar-refractivity contribution in [1.29, 1.82) is 0 Å². The Labute approximate surface area is 114 Å². The molecule has 0 amide bonds. The van der Waals surface area contributed by atoms with Crippen molar-refractivity contribution in [3.05, 3.63) is 15.6 Å². The van der Waals surface area contributed by atoms with Crippen LogP contribution in [-0.2, 0) is 12.7 Å². The molecule has 0 spiro atoms. The zero-order valence-corrected chi connectivity index (χ0v) is 11.9. The van der Waals surface area contributed by atoms with Gasteiger partial charge in [0, 0.05) is 25.7 Å². The first-order valence-electron chi connectivity index (χ1n) is 6.33. The lowest BCUT2D eigenvalue weighted by molar-refractivity contribution is -0.141. The van der Waals surface area contributed by atoms with E-state index in [1.165, 1.54) is 0 Å². The predicted octanol–water partition coefficient (Wildman–Crippen LogP) is 2.65. The molecule has 1 aliphatic heterocycles. The van der Waals surface area contributed by atoms with Gasteiger partial charge in [0.25, 0.3) is 0 Å². The standard InChI is InChI=1S/C12H18F3N3S/c1-8-17-11(12(13,14)15)10(19-8)7-18-5-3-9(16-2)4-6-18/h9,16H,3-7H2,1-2H3. The molecule has 0 bridgehead atoms. The fraction of sp³-hybridized carbons (Fsp3) is 0.750. The molecule has 7 heteroatoms. The first-order valence-corrected chi connectivity index (χ1v) is 7.15. The van der Waals surface area contributed by atoms with Crippen molar-refractivity contribution in [3.8, 4) is 0 Å². The van der Waals surface area contributed by atoms with E-state index in [9.17, 15) is 13.2 Å². The Bertz CT molecular complexity index is 422. The molecule has 3 nitrogen and oxygen atoms in total. The molecule has 0 saturated carbocycles. The Morgan fingerprint density at radius 2 is 2.00 bits per heavy atom. The zero-order valence-electron chi connectivity index (χ0n) is 11.0. The van der Waals surface area contributed by atoms with Crippen molar-refractivity contribution in [2.75, 3.05) is 20.1 Å². The fourth-order valence-electron chi connectivity index (χ4n) is 2.38. The van der Waals surface area contributed by atoms with Crippen LogP contribution >= 0.6 is 11.3 Å². The van der Waals surface area contributed by atoms with Crippen LogP contribution in [0, 0.1) is 6.92 Å². The summed E-state index contributed by atoms with van der Waals surface area (Å²) in [5.41, 5.74) is -0.703. The van der Waals surface area contributed by atoms with E-state index in [1.54, 1.807) is 6.92 Å². The van der Waals surface area contributed by atoms with Gasteiger partial charge in [-0.25, -0.2) is 4.98 Å². The summed E-state index contributed by atoms with van der Waals surface area (Å²) in [5, 5.41) is 3.69. The quantitative estimate of drug-likeness (QED) is 0.928. The molecule has 108 valence electrons. The normalized spacial score (nSPS) is 19.0. The van der Waals surface area contributed by atoms with E-state index < -0.39 is 11.9 Å². The summed E-state index contributed by atoms with van der Waals surface area (Å²) in [5.74, 6) is 0. The minimum Gasteiger partial charge on any atom is -0.317 e. The summed E-state index contributed by atoms with van der Waals surface area (Å²) in [6.07, 6.45) is -2.38. The van der Waals surface area contributed by atoms with Crippen LogP contribution in [0.25, 0.3) is 0 Å². The lowest BCUT2D eigenvalue weighted by Crippen LogP contribution is -2.40. The second-order valence-electron chi connectivity index (χ2n) is 4.84. The third-order valence-corrected chi connectivity index (χ3v) is 4.39. The first-order chi connectivity index (χ1) is 8.90. The van der Waals surface area contributed by atoms with Crippen molar-refractivity contribution >= 4 is 11.3 Å². The molecule has 1 saturated heterocycles. The van der Waals surface area contributed by atoms with E-state index in [1.807, 2.05) is 7.05 Å². The Kier molecular flexibility index (Phi) is 4.47. The molecule has 0 unspecified atom stereocenters. The van der Waals surface area contributed by atoms with Gasteiger partial charge in [-0.2, -0.15) is 13.2 Å². The third kappa shape index (κ3) is 3.67. The summed E-state index contributed by atoms with van der Waals surface area (Å²) in [6, 6.07) is 0.488. The molecule has 0 atom stereocenters. The van der Waals surface area contributed by atoms with Crippen LogP contribution < -0.4 is 5.32 Å². The van der Waals surface area contributed by atoms with Crippen molar-refractivity contribution in [1.82, 2.24) is 15.2 Å². The summed E-state index contributed by atoms with van der Waals surface area (Å²) < 4.78 is 38.5. The van der Waals surface area contributed by atoms with Crippen LogP contribution in [-0.4, -0.2) is 36.1 Å². The number of aromatic nitrogens is 1. The summed E-state index contributed by atoms with van der Waals surface area (Å²) in [4.78, 5) is 6.05. The summed E-state index contributed by atoms with van der Waals surface area (Å²) >= 11 is 1.15.